The molecule has 1 heterocycles. The van der Waals surface area contributed by atoms with Crippen molar-refractivity contribution in [3.8, 4) is 16.2 Å². The highest BCUT2D eigenvalue weighted by Crippen LogP contribution is 2.43. The molecule has 6 heteroatoms. The first-order chi connectivity index (χ1) is 12.1. The SMILES string of the molecule is COc1ccc(-c2sc(C=O)c(Cc3ccccc3)c2[N+](=O)[O-])cc1. The average molecular weight is 353 g/mol. The van der Waals surface area contributed by atoms with Crippen LogP contribution in [0.3, 0.4) is 0 Å². The van der Waals surface area contributed by atoms with Crippen LogP contribution in [0.1, 0.15) is 20.8 Å². The van der Waals surface area contributed by atoms with E-state index in [1.54, 1.807) is 31.4 Å². The van der Waals surface area contributed by atoms with Crippen LogP contribution in [0, 0.1) is 10.1 Å². The quantitative estimate of drug-likeness (QED) is 0.365. The van der Waals surface area contributed by atoms with Gasteiger partial charge in [-0.1, -0.05) is 30.3 Å². The molecule has 0 unspecified atom stereocenters. The second-order valence-corrected chi connectivity index (χ2v) is 6.44. The van der Waals surface area contributed by atoms with Crippen LogP contribution >= 0.6 is 11.3 Å². The molecule has 5 nitrogen and oxygen atoms in total. The summed E-state index contributed by atoms with van der Waals surface area (Å²) in [5.74, 6) is 0.670. The van der Waals surface area contributed by atoms with Crippen molar-refractivity contribution in [2.45, 2.75) is 6.42 Å². The molecule has 1 aromatic heterocycles. The zero-order valence-corrected chi connectivity index (χ0v) is 14.3. The maximum absolute atomic E-state index is 11.7. The highest BCUT2D eigenvalue weighted by molar-refractivity contribution is 7.17. The van der Waals surface area contributed by atoms with Crippen LogP contribution in [0.4, 0.5) is 5.69 Å². The van der Waals surface area contributed by atoms with Crippen molar-refractivity contribution in [2.75, 3.05) is 7.11 Å². The Balaban J connectivity index is 2.12. The molecular formula is C19H15NO4S. The van der Waals surface area contributed by atoms with Gasteiger partial charge >= 0.3 is 0 Å². The number of hydrogen-bond acceptors (Lipinski definition) is 5. The number of benzene rings is 2. The third-order valence-corrected chi connectivity index (χ3v) is 5.07. The first-order valence-electron chi connectivity index (χ1n) is 7.57. The minimum Gasteiger partial charge on any atom is -0.497 e. The van der Waals surface area contributed by atoms with Gasteiger partial charge in [-0.15, -0.1) is 11.3 Å². The van der Waals surface area contributed by atoms with Crippen LogP contribution in [0.25, 0.3) is 10.4 Å². The van der Waals surface area contributed by atoms with Crippen LogP contribution in [0.2, 0.25) is 0 Å². The summed E-state index contributed by atoms with van der Waals surface area (Å²) in [7, 11) is 1.56. The number of nitrogens with zero attached hydrogens (tertiary/aromatic N) is 1. The summed E-state index contributed by atoms with van der Waals surface area (Å²) in [5, 5.41) is 11.7. The molecule has 25 heavy (non-hydrogen) atoms. The summed E-state index contributed by atoms with van der Waals surface area (Å²) in [4.78, 5) is 23.7. The number of hydrogen-bond donors (Lipinski definition) is 0. The summed E-state index contributed by atoms with van der Waals surface area (Å²) in [6.07, 6.45) is 1.04. The van der Waals surface area contributed by atoms with Gasteiger partial charge in [0, 0.05) is 6.42 Å². The molecule has 0 spiro atoms. The molecule has 2 aromatic carbocycles. The van der Waals surface area contributed by atoms with Gasteiger partial charge in [-0.2, -0.15) is 0 Å². The zero-order chi connectivity index (χ0) is 17.8. The van der Waals surface area contributed by atoms with E-state index in [2.05, 4.69) is 0 Å². The first kappa shape index (κ1) is 16.9. The Labute approximate surface area is 148 Å². The van der Waals surface area contributed by atoms with E-state index in [0.29, 0.717) is 39.3 Å². The van der Waals surface area contributed by atoms with Gasteiger partial charge in [-0.05, 0) is 35.4 Å². The van der Waals surface area contributed by atoms with Crippen LogP contribution in [-0.2, 0) is 6.42 Å². The van der Waals surface area contributed by atoms with E-state index >= 15 is 0 Å². The predicted octanol–water partition coefficient (Wildman–Crippen LogP) is 4.74. The number of ether oxygens (including phenoxy) is 1. The first-order valence-corrected chi connectivity index (χ1v) is 8.39. The molecule has 0 atom stereocenters. The smallest absolute Gasteiger partial charge is 0.292 e. The van der Waals surface area contributed by atoms with Crippen molar-refractivity contribution in [3.63, 3.8) is 0 Å². The molecule has 0 fully saturated rings. The standard InChI is InChI=1S/C19H15NO4S/c1-24-15-9-7-14(8-10-15)19-18(20(22)23)16(17(12-21)25-19)11-13-5-3-2-4-6-13/h2-10,12H,11H2,1H3. The van der Waals surface area contributed by atoms with Gasteiger partial charge < -0.3 is 4.74 Å². The maximum atomic E-state index is 11.7. The fraction of sp³-hybridized carbons (Fsp3) is 0.105. The largest absolute Gasteiger partial charge is 0.497 e. The van der Waals surface area contributed by atoms with E-state index in [4.69, 9.17) is 4.74 Å². The van der Waals surface area contributed by atoms with Gasteiger partial charge in [-0.3, -0.25) is 14.9 Å². The van der Waals surface area contributed by atoms with Crippen LogP contribution < -0.4 is 4.74 Å². The van der Waals surface area contributed by atoms with Gasteiger partial charge in [0.25, 0.3) is 5.69 Å². The highest BCUT2D eigenvalue weighted by atomic mass is 32.1. The highest BCUT2D eigenvalue weighted by Gasteiger charge is 2.28. The molecule has 0 bridgehead atoms. The van der Waals surface area contributed by atoms with Crippen molar-refractivity contribution in [1.29, 1.82) is 0 Å². The molecule has 0 saturated heterocycles. The predicted molar refractivity (Wildman–Crippen MR) is 97.6 cm³/mol. The van der Waals surface area contributed by atoms with E-state index < -0.39 is 4.92 Å². The van der Waals surface area contributed by atoms with Crippen molar-refractivity contribution in [3.05, 3.63) is 80.7 Å². The minimum absolute atomic E-state index is 0.00104. The Morgan fingerprint density at radius 2 is 1.80 bits per heavy atom. The van der Waals surface area contributed by atoms with Crippen molar-refractivity contribution in [2.24, 2.45) is 0 Å². The Kier molecular flexibility index (Phi) is 4.90. The Bertz CT molecular complexity index is 901. The third-order valence-electron chi connectivity index (χ3n) is 3.88. The maximum Gasteiger partial charge on any atom is 0.292 e. The summed E-state index contributed by atoms with van der Waals surface area (Å²) in [6, 6.07) is 16.4. The van der Waals surface area contributed by atoms with Crippen LogP contribution in [0.15, 0.2) is 54.6 Å². The molecule has 0 amide bonds. The molecule has 3 rings (SSSR count). The van der Waals surface area contributed by atoms with E-state index in [-0.39, 0.29) is 5.69 Å². The Morgan fingerprint density at radius 3 is 2.36 bits per heavy atom. The average Bonchev–Trinajstić information content (AvgIpc) is 3.01. The van der Waals surface area contributed by atoms with Gasteiger partial charge in [0.2, 0.25) is 0 Å². The molecule has 0 aliphatic heterocycles. The number of thiophene rings is 1. The normalized spacial score (nSPS) is 10.4. The Morgan fingerprint density at radius 1 is 1.12 bits per heavy atom. The van der Waals surface area contributed by atoms with E-state index in [0.717, 1.165) is 16.9 Å². The second kappa shape index (κ2) is 7.27. The molecule has 0 N–H and O–H groups in total. The molecule has 0 saturated carbocycles. The van der Waals surface area contributed by atoms with Crippen LogP contribution in [0.5, 0.6) is 5.75 Å². The third kappa shape index (κ3) is 3.44. The summed E-state index contributed by atoms with van der Waals surface area (Å²) < 4.78 is 5.13. The molecule has 0 aliphatic carbocycles. The summed E-state index contributed by atoms with van der Waals surface area (Å²) in [5.41, 5.74) is 2.08. The molecule has 0 aliphatic rings. The van der Waals surface area contributed by atoms with E-state index in [1.807, 2.05) is 30.3 Å². The molecule has 3 aromatic rings. The van der Waals surface area contributed by atoms with Crippen molar-refractivity contribution < 1.29 is 14.5 Å². The summed E-state index contributed by atoms with van der Waals surface area (Å²) in [6.45, 7) is 0. The lowest BCUT2D eigenvalue weighted by Crippen LogP contribution is -1.97. The fourth-order valence-electron chi connectivity index (χ4n) is 2.67. The molecule has 0 radical (unpaired) electrons. The lowest BCUT2D eigenvalue weighted by molar-refractivity contribution is -0.384. The second-order valence-electron chi connectivity index (χ2n) is 5.39. The summed E-state index contributed by atoms with van der Waals surface area (Å²) >= 11 is 1.15. The number of rotatable bonds is 6. The van der Waals surface area contributed by atoms with Gasteiger partial charge in [0.15, 0.2) is 6.29 Å². The number of methoxy groups -OCH3 is 1. The Hall–Kier alpha value is -2.99. The monoisotopic (exact) mass is 353 g/mol. The van der Waals surface area contributed by atoms with Gasteiger partial charge in [0.1, 0.15) is 10.6 Å². The van der Waals surface area contributed by atoms with Crippen LogP contribution in [-0.4, -0.2) is 18.3 Å². The van der Waals surface area contributed by atoms with E-state index in [1.165, 1.54) is 0 Å². The zero-order valence-electron chi connectivity index (χ0n) is 13.5. The van der Waals surface area contributed by atoms with Crippen molar-refractivity contribution >= 4 is 23.3 Å². The number of carbonyl (C=O) groups excluding carboxylic acids is 1. The molecule has 126 valence electrons. The molecular weight excluding hydrogens is 338 g/mol. The van der Waals surface area contributed by atoms with Gasteiger partial charge in [-0.25, -0.2) is 0 Å². The number of aldehydes is 1. The minimum atomic E-state index is -0.401. The topological polar surface area (TPSA) is 69.4 Å². The van der Waals surface area contributed by atoms with Gasteiger partial charge in [0.05, 0.1) is 22.5 Å². The number of nitro groups is 1. The fourth-order valence-corrected chi connectivity index (χ4v) is 3.78. The lowest BCUT2D eigenvalue weighted by atomic mass is 10.0. The van der Waals surface area contributed by atoms with Crippen molar-refractivity contribution in [1.82, 2.24) is 0 Å². The lowest BCUT2D eigenvalue weighted by Gasteiger charge is -2.03. The van der Waals surface area contributed by atoms with E-state index in [9.17, 15) is 14.9 Å². The number of carbonyl (C=O) groups is 1.